The summed E-state index contributed by atoms with van der Waals surface area (Å²) in [6, 6.07) is 0. The quantitative estimate of drug-likeness (QED) is 0.452. The van der Waals surface area contributed by atoms with Crippen molar-refractivity contribution in [1.82, 2.24) is 5.32 Å². The average molecular weight is 213 g/mol. The van der Waals surface area contributed by atoms with Gasteiger partial charge in [0.1, 0.15) is 0 Å². The van der Waals surface area contributed by atoms with Crippen LogP contribution in [0.2, 0.25) is 0 Å². The first-order chi connectivity index (χ1) is 7.16. The lowest BCUT2D eigenvalue weighted by Crippen LogP contribution is -2.23. The maximum atomic E-state index is 11.1. The summed E-state index contributed by atoms with van der Waals surface area (Å²) in [5.41, 5.74) is 0. The van der Waals surface area contributed by atoms with E-state index in [0.29, 0.717) is 25.8 Å². The standard InChI is InChI=1S/C11H19NO3/c1-2-3-7-10(13)12-9-6-4-5-8-11(14)15/h2H,1,3-9H2,(H,12,13)(H,14,15). The smallest absolute Gasteiger partial charge is 0.303 e. The van der Waals surface area contributed by atoms with Crippen LogP contribution in [0.15, 0.2) is 12.7 Å². The first-order valence-corrected chi connectivity index (χ1v) is 5.26. The van der Waals surface area contributed by atoms with Gasteiger partial charge in [0.2, 0.25) is 5.91 Å². The summed E-state index contributed by atoms with van der Waals surface area (Å²) in [7, 11) is 0. The summed E-state index contributed by atoms with van der Waals surface area (Å²) >= 11 is 0. The molecule has 4 nitrogen and oxygen atoms in total. The number of allylic oxidation sites excluding steroid dienone is 1. The van der Waals surface area contributed by atoms with E-state index >= 15 is 0 Å². The number of aliphatic carboxylic acids is 1. The van der Waals surface area contributed by atoms with E-state index in [1.807, 2.05) is 0 Å². The Kier molecular flexibility index (Phi) is 8.43. The van der Waals surface area contributed by atoms with Crippen molar-refractivity contribution < 1.29 is 14.7 Å². The molecule has 0 heterocycles. The Balaban J connectivity index is 3.19. The van der Waals surface area contributed by atoms with Crippen LogP contribution in [0.3, 0.4) is 0 Å². The van der Waals surface area contributed by atoms with Gasteiger partial charge in [0.25, 0.3) is 0 Å². The van der Waals surface area contributed by atoms with E-state index in [1.165, 1.54) is 0 Å². The minimum Gasteiger partial charge on any atom is -0.481 e. The summed E-state index contributed by atoms with van der Waals surface area (Å²) in [5.74, 6) is -0.724. The fraction of sp³-hybridized carbons (Fsp3) is 0.636. The number of rotatable bonds is 9. The molecule has 0 rings (SSSR count). The molecule has 0 aromatic heterocycles. The lowest BCUT2D eigenvalue weighted by atomic mass is 10.2. The molecule has 0 aliphatic carbocycles. The highest BCUT2D eigenvalue weighted by Gasteiger charge is 1.99. The molecule has 2 N–H and O–H groups in total. The van der Waals surface area contributed by atoms with Crippen LogP contribution < -0.4 is 5.32 Å². The average Bonchev–Trinajstić information content (AvgIpc) is 2.19. The Morgan fingerprint density at radius 2 is 1.93 bits per heavy atom. The predicted molar refractivity (Wildman–Crippen MR) is 58.5 cm³/mol. The van der Waals surface area contributed by atoms with Gasteiger partial charge in [-0.2, -0.15) is 0 Å². The number of unbranched alkanes of at least 4 members (excludes halogenated alkanes) is 2. The Bertz CT molecular complexity index is 214. The van der Waals surface area contributed by atoms with Gasteiger partial charge in [0, 0.05) is 19.4 Å². The molecule has 0 aromatic rings. The molecule has 86 valence electrons. The third-order valence-electron chi connectivity index (χ3n) is 1.97. The van der Waals surface area contributed by atoms with Crippen LogP contribution in [0.5, 0.6) is 0 Å². The van der Waals surface area contributed by atoms with Gasteiger partial charge in [0.05, 0.1) is 0 Å². The predicted octanol–water partition coefficient (Wildman–Crippen LogP) is 1.71. The molecule has 0 aliphatic rings. The summed E-state index contributed by atoms with van der Waals surface area (Å²) in [5, 5.41) is 11.1. The number of carboxylic acid groups (broad SMARTS) is 1. The van der Waals surface area contributed by atoms with Crippen molar-refractivity contribution in [2.45, 2.75) is 38.5 Å². The third-order valence-corrected chi connectivity index (χ3v) is 1.97. The van der Waals surface area contributed by atoms with Crippen LogP contribution in [0.1, 0.15) is 38.5 Å². The van der Waals surface area contributed by atoms with E-state index in [9.17, 15) is 9.59 Å². The lowest BCUT2D eigenvalue weighted by Gasteiger charge is -2.03. The highest BCUT2D eigenvalue weighted by molar-refractivity contribution is 5.75. The molecule has 0 aliphatic heterocycles. The zero-order valence-corrected chi connectivity index (χ0v) is 9.00. The van der Waals surface area contributed by atoms with Crippen molar-refractivity contribution in [2.75, 3.05) is 6.54 Å². The Morgan fingerprint density at radius 3 is 2.53 bits per heavy atom. The molecule has 0 saturated heterocycles. The SMILES string of the molecule is C=CCCC(=O)NCCCCCC(=O)O. The molecular formula is C11H19NO3. The van der Waals surface area contributed by atoms with Gasteiger partial charge in [-0.1, -0.05) is 12.5 Å². The highest BCUT2D eigenvalue weighted by atomic mass is 16.4. The number of carbonyl (C=O) groups excluding carboxylic acids is 1. The van der Waals surface area contributed by atoms with Crippen molar-refractivity contribution in [3.8, 4) is 0 Å². The summed E-state index contributed by atoms with van der Waals surface area (Å²) in [6.07, 6.45) is 5.47. The van der Waals surface area contributed by atoms with Crippen LogP contribution in [-0.2, 0) is 9.59 Å². The van der Waals surface area contributed by atoms with Gasteiger partial charge in [-0.15, -0.1) is 6.58 Å². The molecule has 0 bridgehead atoms. The summed E-state index contributed by atoms with van der Waals surface area (Å²) in [4.78, 5) is 21.3. The Hall–Kier alpha value is -1.32. The van der Waals surface area contributed by atoms with E-state index in [4.69, 9.17) is 5.11 Å². The fourth-order valence-electron chi connectivity index (χ4n) is 1.13. The second-order valence-electron chi connectivity index (χ2n) is 3.38. The van der Waals surface area contributed by atoms with E-state index < -0.39 is 5.97 Å². The summed E-state index contributed by atoms with van der Waals surface area (Å²) < 4.78 is 0. The molecule has 0 fully saturated rings. The molecular weight excluding hydrogens is 194 g/mol. The first kappa shape index (κ1) is 13.7. The van der Waals surface area contributed by atoms with E-state index in [0.717, 1.165) is 12.8 Å². The zero-order valence-electron chi connectivity index (χ0n) is 9.00. The molecule has 0 aromatic carbocycles. The topological polar surface area (TPSA) is 66.4 Å². The zero-order chi connectivity index (χ0) is 11.5. The molecule has 0 spiro atoms. The van der Waals surface area contributed by atoms with Gasteiger partial charge in [-0.25, -0.2) is 0 Å². The highest BCUT2D eigenvalue weighted by Crippen LogP contribution is 1.98. The van der Waals surface area contributed by atoms with Crippen LogP contribution in [0, 0.1) is 0 Å². The van der Waals surface area contributed by atoms with Crippen molar-refractivity contribution in [3.05, 3.63) is 12.7 Å². The first-order valence-electron chi connectivity index (χ1n) is 5.26. The molecule has 15 heavy (non-hydrogen) atoms. The molecule has 4 heteroatoms. The van der Waals surface area contributed by atoms with Crippen LogP contribution in [0.4, 0.5) is 0 Å². The van der Waals surface area contributed by atoms with Crippen LogP contribution in [-0.4, -0.2) is 23.5 Å². The molecule has 1 amide bonds. The van der Waals surface area contributed by atoms with Crippen molar-refractivity contribution in [3.63, 3.8) is 0 Å². The minimum absolute atomic E-state index is 0.0353. The van der Waals surface area contributed by atoms with Gasteiger partial charge in [0.15, 0.2) is 0 Å². The van der Waals surface area contributed by atoms with Crippen LogP contribution in [0.25, 0.3) is 0 Å². The minimum atomic E-state index is -0.759. The fourth-order valence-corrected chi connectivity index (χ4v) is 1.13. The van der Waals surface area contributed by atoms with Gasteiger partial charge in [-0.3, -0.25) is 9.59 Å². The lowest BCUT2D eigenvalue weighted by molar-refractivity contribution is -0.137. The number of nitrogens with one attached hydrogen (secondary N) is 1. The van der Waals surface area contributed by atoms with Gasteiger partial charge >= 0.3 is 5.97 Å². The second-order valence-corrected chi connectivity index (χ2v) is 3.38. The maximum absolute atomic E-state index is 11.1. The Morgan fingerprint density at radius 1 is 1.20 bits per heavy atom. The molecule has 0 saturated carbocycles. The van der Waals surface area contributed by atoms with E-state index in [-0.39, 0.29) is 12.3 Å². The number of hydrogen-bond acceptors (Lipinski definition) is 2. The van der Waals surface area contributed by atoms with E-state index in [2.05, 4.69) is 11.9 Å². The van der Waals surface area contributed by atoms with Gasteiger partial charge < -0.3 is 10.4 Å². The number of carboxylic acids is 1. The number of hydrogen-bond donors (Lipinski definition) is 2. The molecule has 0 radical (unpaired) electrons. The largest absolute Gasteiger partial charge is 0.481 e. The number of amides is 1. The number of carbonyl (C=O) groups is 2. The molecule has 0 unspecified atom stereocenters. The Labute approximate surface area is 90.4 Å². The normalized spacial score (nSPS) is 9.60. The summed E-state index contributed by atoms with van der Waals surface area (Å²) in [6.45, 7) is 4.17. The monoisotopic (exact) mass is 213 g/mol. The van der Waals surface area contributed by atoms with Crippen molar-refractivity contribution in [2.24, 2.45) is 0 Å². The van der Waals surface area contributed by atoms with Gasteiger partial charge in [-0.05, 0) is 19.3 Å². The third kappa shape index (κ3) is 10.6. The second kappa shape index (κ2) is 9.24. The van der Waals surface area contributed by atoms with E-state index in [1.54, 1.807) is 6.08 Å². The van der Waals surface area contributed by atoms with Crippen molar-refractivity contribution >= 4 is 11.9 Å². The maximum Gasteiger partial charge on any atom is 0.303 e. The van der Waals surface area contributed by atoms with Crippen LogP contribution >= 0.6 is 0 Å². The van der Waals surface area contributed by atoms with Crippen molar-refractivity contribution in [1.29, 1.82) is 0 Å². The molecule has 0 atom stereocenters.